The van der Waals surface area contributed by atoms with Crippen LogP contribution in [0.4, 0.5) is 19.0 Å². The number of pyridine rings is 1. The molecule has 0 bridgehead atoms. The van der Waals surface area contributed by atoms with Gasteiger partial charge in [0.05, 0.1) is 16.6 Å². The van der Waals surface area contributed by atoms with E-state index in [1.165, 1.54) is 0 Å². The molecule has 30 heavy (non-hydrogen) atoms. The topological polar surface area (TPSA) is 64.9 Å². The zero-order chi connectivity index (χ0) is 21.3. The van der Waals surface area contributed by atoms with Gasteiger partial charge in [-0.25, -0.2) is 9.56 Å². The van der Waals surface area contributed by atoms with Gasteiger partial charge in [-0.05, 0) is 41.6 Å². The first-order valence-corrected chi connectivity index (χ1v) is 11.0. The summed E-state index contributed by atoms with van der Waals surface area (Å²) in [5.74, 6) is 0.246. The molecule has 1 aliphatic carbocycles. The number of nitrogens with one attached hydrogen (secondary N) is 1. The van der Waals surface area contributed by atoms with Crippen LogP contribution in [0.3, 0.4) is 0 Å². The molecule has 1 N–H and O–H groups in total. The molecule has 4 rings (SSSR count). The Balaban J connectivity index is 1.32. The number of anilines is 1. The molecule has 0 spiro atoms. The second-order valence-corrected chi connectivity index (χ2v) is 8.97. The lowest BCUT2D eigenvalue weighted by Crippen LogP contribution is -2.36. The van der Waals surface area contributed by atoms with Gasteiger partial charge in [-0.3, -0.25) is 0 Å². The number of alkyl halides is 3. The molecule has 0 atom stereocenters. The summed E-state index contributed by atoms with van der Waals surface area (Å²) >= 11 is 3.56. The Hall–Kier alpha value is -2.08. The molecule has 0 unspecified atom stereocenters. The van der Waals surface area contributed by atoms with Crippen LogP contribution in [0.5, 0.6) is 0 Å². The lowest BCUT2D eigenvalue weighted by molar-refractivity contribution is -0.542. The number of rotatable bonds is 3. The van der Waals surface area contributed by atoms with Crippen molar-refractivity contribution in [1.82, 2.24) is 4.98 Å². The summed E-state index contributed by atoms with van der Waals surface area (Å²) in [5, 5.41) is 13.3. The van der Waals surface area contributed by atoms with Crippen molar-refractivity contribution in [2.75, 3.05) is 18.4 Å². The number of halogens is 4. The number of piperidine rings is 1. The molecule has 1 aliphatic heterocycles. The zero-order valence-corrected chi connectivity index (χ0v) is 18.0. The van der Waals surface area contributed by atoms with E-state index >= 15 is 0 Å². The van der Waals surface area contributed by atoms with Crippen LogP contribution in [0.25, 0.3) is 11.0 Å². The largest absolute Gasteiger partial charge is 0.444 e. The molecule has 1 saturated heterocycles. The fourth-order valence-corrected chi connectivity index (χ4v) is 4.94. The molecule has 5 nitrogen and oxygen atoms in total. The number of hydrogen-bond donors (Lipinski definition) is 1. The SMILES string of the molecule is N#Cc1cc2c(Br)c(NC3CCC(C=[N+]4CCC(C(F)(F)F)CC4)CC3)ncc2o1. The van der Waals surface area contributed by atoms with Gasteiger partial charge in [-0.1, -0.05) is 0 Å². The molecule has 2 aromatic rings. The Bertz CT molecular complexity index is 977. The number of furan rings is 1. The summed E-state index contributed by atoms with van der Waals surface area (Å²) in [7, 11) is 0. The van der Waals surface area contributed by atoms with Gasteiger partial charge in [0, 0.05) is 36.3 Å². The van der Waals surface area contributed by atoms with Crippen LogP contribution in [-0.4, -0.2) is 41.1 Å². The van der Waals surface area contributed by atoms with Gasteiger partial charge < -0.3 is 9.73 Å². The molecular formula is C21H23BrF3N4O+. The van der Waals surface area contributed by atoms with Gasteiger partial charge in [0.25, 0.3) is 0 Å². The summed E-state index contributed by atoms with van der Waals surface area (Å²) in [6, 6.07) is 3.97. The van der Waals surface area contributed by atoms with Crippen LogP contribution in [0.1, 0.15) is 44.3 Å². The van der Waals surface area contributed by atoms with Gasteiger partial charge >= 0.3 is 6.18 Å². The summed E-state index contributed by atoms with van der Waals surface area (Å²) in [6.45, 7) is 0.989. The van der Waals surface area contributed by atoms with Gasteiger partial charge in [0.2, 0.25) is 5.76 Å². The van der Waals surface area contributed by atoms with Crippen molar-refractivity contribution in [1.29, 1.82) is 5.26 Å². The van der Waals surface area contributed by atoms with Gasteiger partial charge in [-0.2, -0.15) is 18.4 Å². The van der Waals surface area contributed by atoms with E-state index in [1.807, 2.05) is 6.07 Å². The molecule has 160 valence electrons. The predicted octanol–water partition coefficient (Wildman–Crippen LogP) is 5.49. The van der Waals surface area contributed by atoms with Crippen LogP contribution in [0.15, 0.2) is 21.2 Å². The lowest BCUT2D eigenvalue weighted by Gasteiger charge is -2.28. The Morgan fingerprint density at radius 3 is 2.53 bits per heavy atom. The predicted molar refractivity (Wildman–Crippen MR) is 111 cm³/mol. The van der Waals surface area contributed by atoms with E-state index in [0.717, 1.165) is 41.4 Å². The molecular weight excluding hydrogens is 461 g/mol. The van der Waals surface area contributed by atoms with E-state index in [1.54, 1.807) is 12.3 Å². The molecule has 2 fully saturated rings. The summed E-state index contributed by atoms with van der Waals surface area (Å²) in [6.07, 6.45) is 4.06. The second kappa shape index (κ2) is 8.58. The minimum Gasteiger partial charge on any atom is -0.444 e. The first-order chi connectivity index (χ1) is 14.3. The smallest absolute Gasteiger partial charge is 0.392 e. The van der Waals surface area contributed by atoms with Gasteiger partial charge in [0.1, 0.15) is 31.2 Å². The molecule has 2 aromatic heterocycles. The van der Waals surface area contributed by atoms with Gasteiger partial charge in [-0.15, -0.1) is 0 Å². The first-order valence-electron chi connectivity index (χ1n) is 10.2. The molecule has 1 saturated carbocycles. The standard InChI is InChI=1S/C21H23BrF3N4O/c22-19-17-9-16(10-26)30-18(17)11-27-20(19)28-15-3-1-13(2-4-15)12-29-7-5-14(6-8-29)21(23,24)25/h9,11-15H,1-8H2,(H,27,28)/q+1. The zero-order valence-electron chi connectivity index (χ0n) is 16.4. The number of nitriles is 1. The maximum absolute atomic E-state index is 12.8. The van der Waals surface area contributed by atoms with Crippen molar-refractivity contribution in [3.8, 4) is 6.07 Å². The van der Waals surface area contributed by atoms with E-state index in [0.29, 0.717) is 24.6 Å². The van der Waals surface area contributed by atoms with Crippen molar-refractivity contribution in [2.24, 2.45) is 11.8 Å². The van der Waals surface area contributed by atoms with Crippen molar-refractivity contribution < 1.29 is 22.2 Å². The van der Waals surface area contributed by atoms with E-state index < -0.39 is 12.1 Å². The summed E-state index contributed by atoms with van der Waals surface area (Å²) in [4.78, 5) is 4.42. The van der Waals surface area contributed by atoms with Crippen LogP contribution in [0, 0.1) is 23.2 Å². The number of aromatic nitrogens is 1. The Kier molecular flexibility index (Phi) is 6.05. The Morgan fingerprint density at radius 1 is 1.20 bits per heavy atom. The van der Waals surface area contributed by atoms with Crippen LogP contribution >= 0.6 is 15.9 Å². The third-order valence-corrected chi connectivity index (χ3v) is 6.96. The highest BCUT2D eigenvalue weighted by atomic mass is 79.9. The van der Waals surface area contributed by atoms with E-state index in [9.17, 15) is 13.2 Å². The Morgan fingerprint density at radius 2 is 1.90 bits per heavy atom. The highest BCUT2D eigenvalue weighted by Gasteiger charge is 2.42. The van der Waals surface area contributed by atoms with E-state index in [-0.39, 0.29) is 24.6 Å². The number of fused-ring (bicyclic) bond motifs is 1. The van der Waals surface area contributed by atoms with Crippen LogP contribution < -0.4 is 5.32 Å². The normalized spacial score (nSPS) is 25.2. The maximum atomic E-state index is 12.8. The van der Waals surface area contributed by atoms with E-state index in [4.69, 9.17) is 9.68 Å². The van der Waals surface area contributed by atoms with Crippen molar-refractivity contribution in [3.05, 3.63) is 22.5 Å². The summed E-state index contributed by atoms with van der Waals surface area (Å²) in [5.41, 5.74) is 0.566. The van der Waals surface area contributed by atoms with Crippen LogP contribution in [0.2, 0.25) is 0 Å². The van der Waals surface area contributed by atoms with Crippen molar-refractivity contribution >= 4 is 38.9 Å². The monoisotopic (exact) mass is 483 g/mol. The molecule has 0 radical (unpaired) electrons. The average Bonchev–Trinajstić information content (AvgIpc) is 3.16. The van der Waals surface area contributed by atoms with E-state index in [2.05, 4.69) is 37.0 Å². The first kappa shape index (κ1) is 21.2. The minimum absolute atomic E-state index is 0.195. The minimum atomic E-state index is -4.06. The number of hydrogen-bond acceptors (Lipinski definition) is 4. The molecule has 9 heteroatoms. The summed E-state index contributed by atoms with van der Waals surface area (Å²) < 4.78 is 46.7. The third kappa shape index (κ3) is 4.64. The van der Waals surface area contributed by atoms with Crippen molar-refractivity contribution in [3.63, 3.8) is 0 Å². The number of nitrogens with zero attached hydrogens (tertiary/aromatic N) is 3. The average molecular weight is 484 g/mol. The molecule has 2 aliphatic rings. The lowest BCUT2D eigenvalue weighted by atomic mass is 9.86. The van der Waals surface area contributed by atoms with Crippen molar-refractivity contribution in [2.45, 2.75) is 50.7 Å². The third-order valence-electron chi connectivity index (χ3n) is 6.15. The molecule has 3 heterocycles. The highest BCUT2D eigenvalue weighted by Crippen LogP contribution is 2.35. The second-order valence-electron chi connectivity index (χ2n) is 8.18. The fraction of sp³-hybridized carbons (Fsp3) is 0.571. The quantitative estimate of drug-likeness (QED) is 0.586. The van der Waals surface area contributed by atoms with Crippen LogP contribution in [-0.2, 0) is 0 Å². The highest BCUT2D eigenvalue weighted by molar-refractivity contribution is 9.10. The van der Waals surface area contributed by atoms with Gasteiger partial charge in [0.15, 0.2) is 5.58 Å². The molecule has 0 aromatic carbocycles. The fourth-order valence-electron chi connectivity index (χ4n) is 4.42. The maximum Gasteiger partial charge on any atom is 0.392 e. The Labute approximate surface area is 181 Å². The molecule has 0 amide bonds.